The first-order valence-corrected chi connectivity index (χ1v) is 4.03. The van der Waals surface area contributed by atoms with Gasteiger partial charge in [0, 0.05) is 4.47 Å². The standard InChI is InChI=1S/C8H4BrF3O.Mg.2H/c9-5-1-3-6(4-2-5)13-8(12)7(10)11;;;/h1-4H;;;/q;+2;2*-1. The van der Waals surface area contributed by atoms with E-state index >= 15 is 0 Å². The molecule has 0 bridgehead atoms. The number of ether oxygens (including phenoxy) is 1. The second-order valence-corrected chi connectivity index (χ2v) is 3.01. The monoisotopic (exact) mass is 278 g/mol. The summed E-state index contributed by atoms with van der Waals surface area (Å²) in [5.74, 6) is 0.0218. The summed E-state index contributed by atoms with van der Waals surface area (Å²) in [6, 6.07) is 3.97. The van der Waals surface area contributed by atoms with Crippen molar-refractivity contribution >= 4 is 39.0 Å². The molecule has 0 saturated carbocycles. The number of rotatable bonds is 2. The third-order valence-corrected chi connectivity index (χ3v) is 1.70. The quantitative estimate of drug-likeness (QED) is 0.592. The predicted molar refractivity (Wildman–Crippen MR) is 53.1 cm³/mol. The van der Waals surface area contributed by atoms with Crippen molar-refractivity contribution in [3.63, 3.8) is 0 Å². The first kappa shape index (κ1) is 13.8. The summed E-state index contributed by atoms with van der Waals surface area (Å²) in [6.07, 6.45) is -2.47. The van der Waals surface area contributed by atoms with Crippen LogP contribution < -0.4 is 4.74 Å². The van der Waals surface area contributed by atoms with Crippen LogP contribution in [0, 0.1) is 0 Å². The Balaban J connectivity index is -0.000000563. The normalized spacial score (nSPS) is 8.86. The fraction of sp³-hybridized carbons (Fsp3) is 0. The zero-order valence-corrected chi connectivity index (χ0v) is 9.94. The van der Waals surface area contributed by atoms with Crippen LogP contribution in [-0.4, -0.2) is 23.1 Å². The molecule has 1 nitrogen and oxygen atoms in total. The number of halogens is 4. The van der Waals surface area contributed by atoms with Crippen LogP contribution in [0.25, 0.3) is 0 Å². The average Bonchev–Trinajstić information content (AvgIpc) is 2.08. The Labute approximate surface area is 106 Å². The van der Waals surface area contributed by atoms with Gasteiger partial charge in [-0.15, -0.1) is 0 Å². The second-order valence-electron chi connectivity index (χ2n) is 2.09. The Kier molecular flexibility index (Phi) is 6.22. The number of hydrogen-bond donors (Lipinski definition) is 0. The maximum Gasteiger partial charge on any atom is 2.00 e. The summed E-state index contributed by atoms with van der Waals surface area (Å²) in [5.41, 5.74) is 0. The number of hydrogen-bond acceptors (Lipinski definition) is 1. The van der Waals surface area contributed by atoms with Crippen LogP contribution in [0.15, 0.2) is 40.8 Å². The fourth-order valence-corrected chi connectivity index (χ4v) is 0.909. The van der Waals surface area contributed by atoms with Crippen LogP contribution in [0.5, 0.6) is 5.75 Å². The Hall–Kier alpha value is -0.204. The molecule has 0 radical (unpaired) electrons. The molecule has 74 valence electrons. The van der Waals surface area contributed by atoms with E-state index in [-0.39, 0.29) is 31.7 Å². The van der Waals surface area contributed by atoms with E-state index in [1.54, 1.807) is 12.1 Å². The molecule has 0 spiro atoms. The van der Waals surface area contributed by atoms with Crippen LogP contribution in [0.4, 0.5) is 13.2 Å². The first-order chi connectivity index (χ1) is 6.09. The van der Waals surface area contributed by atoms with E-state index in [0.717, 1.165) is 4.47 Å². The SMILES string of the molecule is FC(F)=C(F)Oc1ccc(Br)cc1.[H-].[H-].[Mg+2]. The van der Waals surface area contributed by atoms with Gasteiger partial charge in [0.2, 0.25) is 0 Å². The van der Waals surface area contributed by atoms with Crippen molar-refractivity contribution in [1.29, 1.82) is 0 Å². The molecule has 0 saturated heterocycles. The van der Waals surface area contributed by atoms with Gasteiger partial charge in [-0.3, -0.25) is 0 Å². The van der Waals surface area contributed by atoms with Gasteiger partial charge in [0.1, 0.15) is 5.75 Å². The van der Waals surface area contributed by atoms with Gasteiger partial charge in [-0.05, 0) is 24.3 Å². The Morgan fingerprint density at radius 1 is 1.14 bits per heavy atom. The third-order valence-electron chi connectivity index (χ3n) is 1.17. The average molecular weight is 279 g/mol. The predicted octanol–water partition coefficient (Wildman–Crippen LogP) is 3.71. The molecular weight excluding hydrogens is 273 g/mol. The minimum absolute atomic E-state index is 0. The molecule has 6 heteroatoms. The number of benzene rings is 1. The molecule has 0 heterocycles. The van der Waals surface area contributed by atoms with E-state index in [4.69, 9.17) is 0 Å². The van der Waals surface area contributed by atoms with Crippen LogP contribution in [0.2, 0.25) is 0 Å². The minimum atomic E-state index is -2.47. The van der Waals surface area contributed by atoms with Gasteiger partial charge in [-0.1, -0.05) is 15.9 Å². The van der Waals surface area contributed by atoms with Gasteiger partial charge < -0.3 is 7.59 Å². The van der Waals surface area contributed by atoms with E-state index in [0.29, 0.717) is 0 Å². The molecular formula is C8H6BrF3MgO. The maximum atomic E-state index is 12.2. The molecule has 14 heavy (non-hydrogen) atoms. The Morgan fingerprint density at radius 2 is 1.64 bits per heavy atom. The van der Waals surface area contributed by atoms with E-state index < -0.39 is 12.1 Å². The molecule has 0 aliphatic heterocycles. The Bertz CT molecular complexity index is 331. The summed E-state index contributed by atoms with van der Waals surface area (Å²) in [4.78, 5) is 0. The smallest absolute Gasteiger partial charge is 1.00 e. The van der Waals surface area contributed by atoms with Crippen LogP contribution in [-0.2, 0) is 0 Å². The molecule has 0 unspecified atom stereocenters. The molecule has 0 atom stereocenters. The van der Waals surface area contributed by atoms with Crippen LogP contribution in [0.1, 0.15) is 2.85 Å². The summed E-state index contributed by atoms with van der Waals surface area (Å²) < 4.78 is 40.3. The van der Waals surface area contributed by atoms with Gasteiger partial charge in [0.05, 0.1) is 0 Å². The van der Waals surface area contributed by atoms with Crippen molar-refractivity contribution in [1.82, 2.24) is 0 Å². The van der Waals surface area contributed by atoms with Gasteiger partial charge in [-0.2, -0.15) is 13.2 Å². The summed E-state index contributed by atoms with van der Waals surface area (Å²) in [6.45, 7) is 0. The van der Waals surface area contributed by atoms with E-state index in [9.17, 15) is 13.2 Å². The molecule has 0 aromatic heterocycles. The van der Waals surface area contributed by atoms with Crippen LogP contribution in [0.3, 0.4) is 0 Å². The van der Waals surface area contributed by atoms with Crippen molar-refractivity contribution in [2.75, 3.05) is 0 Å². The maximum absolute atomic E-state index is 12.2. The molecule has 1 rings (SSSR count). The molecule has 0 aliphatic rings. The third kappa shape index (κ3) is 4.34. The van der Waals surface area contributed by atoms with Crippen molar-refractivity contribution in [3.8, 4) is 5.75 Å². The molecule has 0 fully saturated rings. The van der Waals surface area contributed by atoms with Gasteiger partial charge in [0.15, 0.2) is 0 Å². The van der Waals surface area contributed by atoms with Crippen molar-refractivity contribution < 1.29 is 20.8 Å². The Morgan fingerprint density at radius 3 is 2.07 bits per heavy atom. The summed E-state index contributed by atoms with van der Waals surface area (Å²) in [7, 11) is 0. The zero-order valence-electron chi connectivity index (χ0n) is 8.94. The van der Waals surface area contributed by atoms with Gasteiger partial charge in [-0.25, -0.2) is 0 Å². The molecule has 1 aromatic carbocycles. The summed E-state index contributed by atoms with van der Waals surface area (Å²) >= 11 is 3.13. The minimum Gasteiger partial charge on any atom is -1.00 e. The molecule has 0 N–H and O–H groups in total. The van der Waals surface area contributed by atoms with Gasteiger partial charge >= 0.3 is 35.1 Å². The van der Waals surface area contributed by atoms with Gasteiger partial charge in [0.25, 0.3) is 0 Å². The molecule has 0 amide bonds. The largest absolute Gasteiger partial charge is 2.00 e. The first-order valence-electron chi connectivity index (χ1n) is 3.24. The molecule has 0 aliphatic carbocycles. The zero-order chi connectivity index (χ0) is 9.84. The molecule has 1 aromatic rings. The van der Waals surface area contributed by atoms with Crippen LogP contribution >= 0.6 is 15.9 Å². The summed E-state index contributed by atoms with van der Waals surface area (Å²) in [5, 5.41) is 0. The van der Waals surface area contributed by atoms with Crippen molar-refractivity contribution in [2.24, 2.45) is 0 Å². The fourth-order valence-electron chi connectivity index (χ4n) is 0.645. The van der Waals surface area contributed by atoms with E-state index in [1.807, 2.05) is 0 Å². The van der Waals surface area contributed by atoms with Crippen molar-refractivity contribution in [2.45, 2.75) is 0 Å². The topological polar surface area (TPSA) is 9.23 Å². The van der Waals surface area contributed by atoms with E-state index in [2.05, 4.69) is 20.7 Å². The second kappa shape index (κ2) is 6.31. The van der Waals surface area contributed by atoms with E-state index in [1.165, 1.54) is 12.1 Å². The van der Waals surface area contributed by atoms with Crippen molar-refractivity contribution in [3.05, 3.63) is 40.8 Å².